The minimum Gasteiger partial charge on any atom is -0.496 e. The maximum atomic E-state index is 9.37. The molecule has 0 bridgehead atoms. The van der Waals surface area contributed by atoms with Gasteiger partial charge in [0.2, 0.25) is 0 Å². The summed E-state index contributed by atoms with van der Waals surface area (Å²) in [5.41, 5.74) is 9.24. The number of hydrogen-bond acceptors (Lipinski definition) is 3. The molecule has 0 spiro atoms. The van der Waals surface area contributed by atoms with Crippen LogP contribution in [0.3, 0.4) is 0 Å². The molecular weight excluding hydrogens is 224 g/mol. The Morgan fingerprint density at radius 1 is 1.33 bits per heavy atom. The molecule has 2 rings (SSSR count). The van der Waals surface area contributed by atoms with Gasteiger partial charge in [0.25, 0.3) is 0 Å². The van der Waals surface area contributed by atoms with E-state index in [0.717, 1.165) is 41.7 Å². The summed E-state index contributed by atoms with van der Waals surface area (Å²) in [5, 5.41) is 9.37. The van der Waals surface area contributed by atoms with Crippen LogP contribution in [0.4, 0.5) is 0 Å². The van der Waals surface area contributed by atoms with Gasteiger partial charge in [-0.25, -0.2) is 0 Å². The highest BCUT2D eigenvalue weighted by atomic mass is 16.5. The molecule has 1 aliphatic rings. The van der Waals surface area contributed by atoms with Crippen molar-refractivity contribution in [3.63, 3.8) is 0 Å². The fraction of sp³-hybridized carbons (Fsp3) is 0.533. The lowest BCUT2D eigenvalue weighted by Crippen LogP contribution is -2.39. The molecule has 1 unspecified atom stereocenters. The monoisotopic (exact) mass is 244 g/mol. The van der Waals surface area contributed by atoms with E-state index in [0.29, 0.717) is 0 Å². The highest BCUT2D eigenvalue weighted by molar-refractivity contribution is 5.44. The van der Waals surface area contributed by atoms with Crippen molar-refractivity contribution in [2.45, 2.75) is 39.2 Å². The van der Waals surface area contributed by atoms with Crippen molar-refractivity contribution < 1.29 is 4.74 Å². The summed E-state index contributed by atoms with van der Waals surface area (Å²) in [6.45, 7) is 4.04. The van der Waals surface area contributed by atoms with Crippen LogP contribution >= 0.6 is 0 Å². The minimum absolute atomic E-state index is 0.194. The Kier molecular flexibility index (Phi) is 3.32. The van der Waals surface area contributed by atoms with Gasteiger partial charge in [0.15, 0.2) is 0 Å². The molecule has 1 saturated carbocycles. The lowest BCUT2D eigenvalue weighted by atomic mass is 9.63. The van der Waals surface area contributed by atoms with E-state index in [1.165, 1.54) is 0 Å². The summed E-state index contributed by atoms with van der Waals surface area (Å²) >= 11 is 0. The number of ether oxygens (including phenoxy) is 1. The Balaban J connectivity index is 2.40. The fourth-order valence-electron chi connectivity index (χ4n) is 2.71. The molecule has 0 amide bonds. The van der Waals surface area contributed by atoms with E-state index in [1.54, 1.807) is 7.11 Å². The number of nitriles is 1. The highest BCUT2D eigenvalue weighted by Crippen LogP contribution is 2.49. The number of aryl methyl sites for hydroxylation is 2. The Bertz CT molecular complexity index is 498. The summed E-state index contributed by atoms with van der Waals surface area (Å²) in [6.07, 6.45) is 2.93. The number of benzene rings is 1. The zero-order valence-electron chi connectivity index (χ0n) is 11.3. The third kappa shape index (κ3) is 1.87. The second-order valence-corrected chi connectivity index (χ2v) is 5.28. The summed E-state index contributed by atoms with van der Waals surface area (Å²) in [5.74, 6) is 0.878. The van der Waals surface area contributed by atoms with Gasteiger partial charge in [0.05, 0.1) is 18.6 Å². The van der Waals surface area contributed by atoms with Gasteiger partial charge in [-0.3, -0.25) is 0 Å². The number of nitrogens with zero attached hydrogens (tertiary/aromatic N) is 1. The van der Waals surface area contributed by atoms with Crippen molar-refractivity contribution >= 4 is 0 Å². The Hall–Kier alpha value is -1.53. The summed E-state index contributed by atoms with van der Waals surface area (Å²) in [4.78, 5) is 0. The van der Waals surface area contributed by atoms with Crippen LogP contribution in [0.5, 0.6) is 5.75 Å². The van der Waals surface area contributed by atoms with Crippen LogP contribution in [-0.2, 0) is 0 Å². The SMILES string of the molecule is COc1cc(C)c(C(N)C2(C#N)CCC2)cc1C. The van der Waals surface area contributed by atoms with Gasteiger partial charge in [-0.05, 0) is 49.4 Å². The van der Waals surface area contributed by atoms with E-state index in [9.17, 15) is 5.26 Å². The molecule has 96 valence electrons. The van der Waals surface area contributed by atoms with E-state index in [4.69, 9.17) is 10.5 Å². The van der Waals surface area contributed by atoms with Crippen LogP contribution in [0, 0.1) is 30.6 Å². The molecule has 1 aromatic rings. The molecule has 3 heteroatoms. The largest absolute Gasteiger partial charge is 0.496 e. The first-order chi connectivity index (χ1) is 8.54. The molecule has 0 aromatic heterocycles. The molecule has 1 fully saturated rings. The molecule has 0 radical (unpaired) electrons. The Morgan fingerprint density at radius 3 is 2.44 bits per heavy atom. The molecule has 1 atom stereocenters. The van der Waals surface area contributed by atoms with Crippen molar-refractivity contribution in [2.24, 2.45) is 11.1 Å². The first-order valence-electron chi connectivity index (χ1n) is 6.36. The number of hydrogen-bond donors (Lipinski definition) is 1. The quantitative estimate of drug-likeness (QED) is 0.889. The second kappa shape index (κ2) is 4.62. The van der Waals surface area contributed by atoms with Gasteiger partial charge in [-0.2, -0.15) is 5.26 Å². The van der Waals surface area contributed by atoms with Gasteiger partial charge >= 0.3 is 0 Å². The lowest BCUT2D eigenvalue weighted by molar-refractivity contribution is 0.168. The normalized spacial score (nSPS) is 18.6. The van der Waals surface area contributed by atoms with Crippen molar-refractivity contribution in [1.82, 2.24) is 0 Å². The maximum Gasteiger partial charge on any atom is 0.122 e. The average molecular weight is 244 g/mol. The van der Waals surface area contributed by atoms with Gasteiger partial charge in [0.1, 0.15) is 5.75 Å². The van der Waals surface area contributed by atoms with Crippen molar-refractivity contribution in [2.75, 3.05) is 7.11 Å². The lowest BCUT2D eigenvalue weighted by Gasteiger charge is -2.41. The molecule has 0 heterocycles. The number of methoxy groups -OCH3 is 1. The van der Waals surface area contributed by atoms with E-state index in [-0.39, 0.29) is 11.5 Å². The second-order valence-electron chi connectivity index (χ2n) is 5.28. The van der Waals surface area contributed by atoms with Crippen molar-refractivity contribution in [3.8, 4) is 11.8 Å². The Morgan fingerprint density at radius 2 is 2.00 bits per heavy atom. The van der Waals surface area contributed by atoms with Crippen LogP contribution in [0.25, 0.3) is 0 Å². The molecule has 18 heavy (non-hydrogen) atoms. The molecule has 1 aliphatic carbocycles. The highest BCUT2D eigenvalue weighted by Gasteiger charge is 2.44. The number of rotatable bonds is 3. The molecule has 0 aliphatic heterocycles. The summed E-state index contributed by atoms with van der Waals surface area (Å²) in [7, 11) is 1.67. The predicted octanol–water partition coefficient (Wildman–Crippen LogP) is 3.01. The van der Waals surface area contributed by atoms with Crippen molar-refractivity contribution in [3.05, 3.63) is 28.8 Å². The topological polar surface area (TPSA) is 59.0 Å². The van der Waals surface area contributed by atoms with Gasteiger partial charge in [-0.1, -0.05) is 12.5 Å². The Labute approximate surface area is 109 Å². The first-order valence-corrected chi connectivity index (χ1v) is 6.36. The zero-order valence-corrected chi connectivity index (χ0v) is 11.3. The maximum absolute atomic E-state index is 9.37. The third-order valence-corrected chi connectivity index (χ3v) is 4.18. The molecule has 3 nitrogen and oxygen atoms in total. The van der Waals surface area contributed by atoms with Crippen LogP contribution in [0.15, 0.2) is 12.1 Å². The van der Waals surface area contributed by atoms with Crippen molar-refractivity contribution in [1.29, 1.82) is 5.26 Å². The molecular formula is C15H20N2O. The molecule has 2 N–H and O–H groups in total. The van der Waals surface area contributed by atoms with E-state index in [2.05, 4.69) is 12.1 Å². The van der Waals surface area contributed by atoms with Crippen LogP contribution in [0.1, 0.15) is 42.0 Å². The van der Waals surface area contributed by atoms with Gasteiger partial charge in [0, 0.05) is 6.04 Å². The minimum atomic E-state index is -0.355. The smallest absolute Gasteiger partial charge is 0.122 e. The van der Waals surface area contributed by atoms with Gasteiger partial charge < -0.3 is 10.5 Å². The standard InChI is InChI=1S/C15H20N2O/c1-10-8-13(18-3)11(2)7-12(10)14(17)15(9-16)5-4-6-15/h7-8,14H,4-6,17H2,1-3H3. The third-order valence-electron chi connectivity index (χ3n) is 4.18. The van der Waals surface area contributed by atoms with Crippen LogP contribution < -0.4 is 10.5 Å². The van der Waals surface area contributed by atoms with Gasteiger partial charge in [-0.15, -0.1) is 0 Å². The average Bonchev–Trinajstić information content (AvgIpc) is 2.30. The predicted molar refractivity (Wildman–Crippen MR) is 71.3 cm³/mol. The molecule has 0 saturated heterocycles. The van der Waals surface area contributed by atoms with E-state index < -0.39 is 0 Å². The number of nitrogens with two attached hydrogens (primary N) is 1. The van der Waals surface area contributed by atoms with Crippen LogP contribution in [0.2, 0.25) is 0 Å². The summed E-state index contributed by atoms with van der Waals surface area (Å²) in [6, 6.07) is 6.31. The zero-order chi connectivity index (χ0) is 13.3. The van der Waals surface area contributed by atoms with E-state index >= 15 is 0 Å². The van der Waals surface area contributed by atoms with E-state index in [1.807, 2.05) is 19.9 Å². The first kappa shape index (κ1) is 12.9. The fourth-order valence-corrected chi connectivity index (χ4v) is 2.71. The summed E-state index contributed by atoms with van der Waals surface area (Å²) < 4.78 is 5.31. The van der Waals surface area contributed by atoms with Crippen LogP contribution in [-0.4, -0.2) is 7.11 Å². The molecule has 1 aromatic carbocycles.